The van der Waals surface area contributed by atoms with Gasteiger partial charge in [0.05, 0.1) is 5.54 Å². The molecule has 0 fully saturated rings. The second-order valence-corrected chi connectivity index (χ2v) is 5.01. The van der Waals surface area contributed by atoms with E-state index < -0.39 is 5.54 Å². The van der Waals surface area contributed by atoms with Crippen LogP contribution in [0.25, 0.3) is 21.2 Å². The van der Waals surface area contributed by atoms with Gasteiger partial charge in [0.15, 0.2) is 0 Å². The van der Waals surface area contributed by atoms with Crippen LogP contribution < -0.4 is 0 Å². The highest BCUT2D eigenvalue weighted by atomic mass is 35.5. The molecule has 0 aliphatic heterocycles. The molecular weight excluding hydrogens is 304 g/mol. The van der Waals surface area contributed by atoms with Crippen molar-refractivity contribution in [3.63, 3.8) is 0 Å². The molecule has 19 heavy (non-hydrogen) atoms. The van der Waals surface area contributed by atoms with Crippen molar-refractivity contribution in [2.45, 2.75) is 19.4 Å². The molecule has 0 aliphatic carbocycles. The second kappa shape index (κ2) is 5.89. The van der Waals surface area contributed by atoms with Crippen LogP contribution in [0.4, 0.5) is 0 Å². The van der Waals surface area contributed by atoms with Crippen molar-refractivity contribution in [2.75, 3.05) is 0 Å². The molecule has 0 saturated carbocycles. The van der Waals surface area contributed by atoms with Crippen LogP contribution in [-0.4, -0.2) is 9.97 Å². The van der Waals surface area contributed by atoms with Crippen molar-refractivity contribution in [2.24, 2.45) is 5.11 Å². The third-order valence-corrected chi connectivity index (χ3v) is 3.15. The molecule has 0 bridgehead atoms. The van der Waals surface area contributed by atoms with E-state index in [9.17, 15) is 0 Å². The summed E-state index contributed by atoms with van der Waals surface area (Å²) in [6, 6.07) is 1.69. The predicted octanol–water partition coefficient (Wildman–Crippen LogP) is 4.54. The molecule has 2 rings (SSSR count). The van der Waals surface area contributed by atoms with Crippen LogP contribution in [0.3, 0.4) is 0 Å². The van der Waals surface area contributed by atoms with E-state index in [1.807, 2.05) is 0 Å². The fraction of sp³-hybridized carbons (Fsp3) is 0.273. The third kappa shape index (κ3) is 3.07. The van der Waals surface area contributed by atoms with Gasteiger partial charge in [0.1, 0.15) is 10.3 Å². The number of pyridine rings is 2. The van der Waals surface area contributed by atoms with E-state index in [2.05, 4.69) is 20.0 Å². The molecule has 0 aromatic carbocycles. The lowest BCUT2D eigenvalue weighted by molar-refractivity contribution is 0.553. The van der Waals surface area contributed by atoms with Crippen molar-refractivity contribution in [1.29, 1.82) is 0 Å². The number of hydrogen-bond donors (Lipinski definition) is 0. The maximum atomic E-state index is 8.62. The van der Waals surface area contributed by atoms with Gasteiger partial charge in [0, 0.05) is 22.7 Å². The van der Waals surface area contributed by atoms with Crippen molar-refractivity contribution in [3.8, 4) is 0 Å². The number of halogens is 2. The van der Waals surface area contributed by atoms with Gasteiger partial charge in [-0.15, -0.1) is 0 Å². The zero-order valence-corrected chi connectivity index (χ0v) is 13.4. The van der Waals surface area contributed by atoms with E-state index in [-0.39, 0.29) is 9.90 Å². The van der Waals surface area contributed by atoms with Crippen LogP contribution in [-0.2, 0) is 5.54 Å². The number of nitrogens with zero attached hydrogens (tertiary/aromatic N) is 5. The highest BCUT2D eigenvalue weighted by molar-refractivity contribution is 6.92. The number of azide groups is 1. The van der Waals surface area contributed by atoms with Crippen molar-refractivity contribution in [1.82, 2.24) is 9.97 Å². The molecule has 2 aromatic rings. The predicted molar refractivity (Wildman–Crippen MR) is 82.8 cm³/mol. The minimum absolute atomic E-state index is 0. The van der Waals surface area contributed by atoms with Gasteiger partial charge in [-0.05, 0) is 22.5 Å². The Morgan fingerprint density at radius 3 is 2.53 bits per heavy atom. The van der Waals surface area contributed by atoms with Gasteiger partial charge in [-0.2, -0.15) is 9.90 Å². The van der Waals surface area contributed by atoms with E-state index in [1.165, 1.54) is 0 Å². The molecular formula is C11H12Cl2N5P. The van der Waals surface area contributed by atoms with Gasteiger partial charge in [-0.3, -0.25) is 0 Å². The van der Waals surface area contributed by atoms with Crippen LogP contribution >= 0.6 is 33.1 Å². The minimum atomic E-state index is -0.741. The Kier molecular flexibility index (Phi) is 4.94. The molecule has 0 aliphatic rings. The molecule has 2 aromatic heterocycles. The SMILES string of the molecule is CC(C)(N=[N+]=[N-])c1cnc(Cl)c2cnc(Cl)cc12.P. The molecule has 1 unspecified atom stereocenters. The first-order chi connectivity index (χ1) is 8.45. The molecule has 2 heterocycles. The molecule has 0 N–H and O–H groups in total. The van der Waals surface area contributed by atoms with Crippen molar-refractivity contribution < 1.29 is 0 Å². The Balaban J connectivity index is 0.00000180. The molecule has 5 nitrogen and oxygen atoms in total. The summed E-state index contributed by atoms with van der Waals surface area (Å²) in [4.78, 5) is 10.9. The normalized spacial score (nSPS) is 10.7. The summed E-state index contributed by atoms with van der Waals surface area (Å²) in [7, 11) is 0. The minimum Gasteiger partial charge on any atom is -0.244 e. The molecule has 0 amide bonds. The first-order valence-electron chi connectivity index (χ1n) is 5.12. The summed E-state index contributed by atoms with van der Waals surface area (Å²) < 4.78 is 0. The third-order valence-electron chi connectivity index (χ3n) is 2.64. The summed E-state index contributed by atoms with van der Waals surface area (Å²) >= 11 is 11.9. The Bertz CT molecular complexity index is 667. The molecule has 100 valence electrons. The van der Waals surface area contributed by atoms with E-state index in [1.54, 1.807) is 32.3 Å². The largest absolute Gasteiger partial charge is 0.244 e. The maximum absolute atomic E-state index is 8.62. The summed E-state index contributed by atoms with van der Waals surface area (Å²) in [5, 5.41) is 5.93. The van der Waals surface area contributed by atoms with Crippen LogP contribution in [0, 0.1) is 0 Å². The van der Waals surface area contributed by atoms with Gasteiger partial charge in [0.2, 0.25) is 0 Å². The van der Waals surface area contributed by atoms with Crippen LogP contribution in [0.5, 0.6) is 0 Å². The molecule has 8 heteroatoms. The highest BCUT2D eigenvalue weighted by Crippen LogP contribution is 2.34. The number of hydrogen-bond acceptors (Lipinski definition) is 3. The lowest BCUT2D eigenvalue weighted by Gasteiger charge is -2.20. The monoisotopic (exact) mass is 315 g/mol. The van der Waals surface area contributed by atoms with Gasteiger partial charge in [-0.25, -0.2) is 9.97 Å². The Labute approximate surface area is 123 Å². The second-order valence-electron chi connectivity index (χ2n) is 4.26. The van der Waals surface area contributed by atoms with E-state index >= 15 is 0 Å². The van der Waals surface area contributed by atoms with Crippen LogP contribution in [0.1, 0.15) is 19.4 Å². The van der Waals surface area contributed by atoms with E-state index in [0.717, 1.165) is 10.9 Å². The van der Waals surface area contributed by atoms with Gasteiger partial charge in [0.25, 0.3) is 0 Å². The molecule has 1 atom stereocenters. The quantitative estimate of drug-likeness (QED) is 0.268. The Hall–Kier alpha value is -1.12. The molecule has 0 saturated heterocycles. The number of aromatic nitrogens is 2. The lowest BCUT2D eigenvalue weighted by atomic mass is 9.93. The first-order valence-corrected chi connectivity index (χ1v) is 5.88. The van der Waals surface area contributed by atoms with Crippen LogP contribution in [0.2, 0.25) is 10.3 Å². The zero-order chi connectivity index (χ0) is 13.3. The Morgan fingerprint density at radius 2 is 1.89 bits per heavy atom. The topological polar surface area (TPSA) is 74.5 Å². The smallest absolute Gasteiger partial charge is 0.138 e. The van der Waals surface area contributed by atoms with E-state index in [0.29, 0.717) is 15.7 Å². The van der Waals surface area contributed by atoms with Crippen LogP contribution in [0.15, 0.2) is 23.6 Å². The van der Waals surface area contributed by atoms with Crippen molar-refractivity contribution in [3.05, 3.63) is 44.8 Å². The number of fused-ring (bicyclic) bond motifs is 1. The summed E-state index contributed by atoms with van der Waals surface area (Å²) in [6.45, 7) is 3.59. The fourth-order valence-corrected chi connectivity index (χ4v) is 2.09. The van der Waals surface area contributed by atoms with Gasteiger partial charge >= 0.3 is 0 Å². The standard InChI is InChI=1S/C11H9Cl2N5.H3P/c1-11(2,17-18-14)8-5-16-10(13)7-4-15-9(12)3-6(7)8;/h3-5H,1-2H3;1H3. The molecule has 0 radical (unpaired) electrons. The zero-order valence-electron chi connectivity index (χ0n) is 10.4. The average molecular weight is 316 g/mol. The summed E-state index contributed by atoms with van der Waals surface area (Å²) in [5.74, 6) is 0. The van der Waals surface area contributed by atoms with Gasteiger partial charge < -0.3 is 0 Å². The maximum Gasteiger partial charge on any atom is 0.138 e. The highest BCUT2D eigenvalue weighted by Gasteiger charge is 2.23. The average Bonchev–Trinajstić information content (AvgIpc) is 2.28. The molecule has 0 spiro atoms. The Morgan fingerprint density at radius 1 is 1.21 bits per heavy atom. The summed E-state index contributed by atoms with van der Waals surface area (Å²) in [5.41, 5.74) is 8.63. The first kappa shape index (κ1) is 15.9. The van der Waals surface area contributed by atoms with Gasteiger partial charge in [-0.1, -0.05) is 42.2 Å². The summed E-state index contributed by atoms with van der Waals surface area (Å²) in [6.07, 6.45) is 3.15. The lowest BCUT2D eigenvalue weighted by Crippen LogP contribution is -2.14. The van der Waals surface area contributed by atoms with E-state index in [4.69, 9.17) is 28.7 Å². The number of rotatable bonds is 2. The van der Waals surface area contributed by atoms with Crippen molar-refractivity contribution >= 4 is 43.9 Å². The fourth-order valence-electron chi connectivity index (χ4n) is 1.73.